The van der Waals surface area contributed by atoms with Gasteiger partial charge in [0.15, 0.2) is 0 Å². The Hall–Kier alpha value is -1.63. The second-order valence-corrected chi connectivity index (χ2v) is 9.23. The Morgan fingerprint density at radius 1 is 1.00 bits per heavy atom. The minimum absolute atomic E-state index is 0.227. The third-order valence-electron chi connectivity index (χ3n) is 5.78. The van der Waals surface area contributed by atoms with Crippen LogP contribution in [-0.2, 0) is 16.1 Å². The highest BCUT2D eigenvalue weighted by Crippen LogP contribution is 2.30. The molecular formula is C22H35N3O3. The molecule has 0 aromatic heterocycles. The Morgan fingerprint density at radius 3 is 2.18 bits per heavy atom. The fourth-order valence-electron chi connectivity index (χ4n) is 4.04. The van der Waals surface area contributed by atoms with Crippen molar-refractivity contribution in [3.05, 3.63) is 35.9 Å². The second-order valence-electron chi connectivity index (χ2n) is 9.23. The van der Waals surface area contributed by atoms with E-state index in [0.29, 0.717) is 0 Å². The zero-order chi connectivity index (χ0) is 20.2. The summed E-state index contributed by atoms with van der Waals surface area (Å²) in [4.78, 5) is 22.3. The fourth-order valence-corrected chi connectivity index (χ4v) is 4.04. The molecule has 0 saturated carbocycles. The number of carbonyl (C=O) groups is 1. The maximum Gasteiger partial charge on any atom is 0.528 e. The van der Waals surface area contributed by atoms with Gasteiger partial charge in [0.25, 0.3) is 0 Å². The summed E-state index contributed by atoms with van der Waals surface area (Å²) in [5.41, 5.74) is 1.09. The van der Waals surface area contributed by atoms with Crippen LogP contribution in [0.5, 0.6) is 0 Å². The van der Waals surface area contributed by atoms with Gasteiger partial charge in [-0.15, -0.1) is 5.06 Å². The van der Waals surface area contributed by atoms with Crippen molar-refractivity contribution < 1.29 is 14.4 Å². The first-order valence-electron chi connectivity index (χ1n) is 10.4. The van der Waals surface area contributed by atoms with Gasteiger partial charge in [-0.2, -0.15) is 0 Å². The molecule has 2 aliphatic rings. The van der Waals surface area contributed by atoms with Crippen molar-refractivity contribution in [1.82, 2.24) is 14.9 Å². The predicted molar refractivity (Wildman–Crippen MR) is 110 cm³/mol. The number of nitrogens with zero attached hydrogens (tertiary/aromatic N) is 3. The van der Waals surface area contributed by atoms with E-state index in [9.17, 15) is 4.79 Å². The lowest BCUT2D eigenvalue weighted by Crippen LogP contribution is -2.59. The highest BCUT2D eigenvalue weighted by molar-refractivity contribution is 5.60. The molecule has 0 radical (unpaired) electrons. The molecule has 0 aliphatic carbocycles. The number of rotatable bonds is 4. The molecule has 0 spiro atoms. The smallest absolute Gasteiger partial charge is 0.427 e. The number of hydrogen-bond acceptors (Lipinski definition) is 6. The molecule has 2 saturated heterocycles. The molecule has 2 aliphatic heterocycles. The van der Waals surface area contributed by atoms with E-state index in [1.807, 2.05) is 20.8 Å². The van der Waals surface area contributed by atoms with Crippen LogP contribution < -0.4 is 0 Å². The third-order valence-corrected chi connectivity index (χ3v) is 5.78. The van der Waals surface area contributed by atoms with Crippen molar-refractivity contribution in [2.45, 2.75) is 58.2 Å². The van der Waals surface area contributed by atoms with Crippen LogP contribution in [0.15, 0.2) is 30.3 Å². The summed E-state index contributed by atoms with van der Waals surface area (Å²) in [5.74, 6) is 0. The van der Waals surface area contributed by atoms with Crippen LogP contribution in [0.25, 0.3) is 0 Å². The zero-order valence-corrected chi connectivity index (χ0v) is 17.8. The monoisotopic (exact) mass is 389 g/mol. The summed E-state index contributed by atoms with van der Waals surface area (Å²) in [6.45, 7) is 14.5. The summed E-state index contributed by atoms with van der Waals surface area (Å²) in [6, 6.07) is 10.7. The van der Waals surface area contributed by atoms with Gasteiger partial charge in [-0.25, -0.2) is 4.79 Å². The van der Waals surface area contributed by atoms with Crippen LogP contribution in [0.2, 0.25) is 0 Å². The van der Waals surface area contributed by atoms with Crippen LogP contribution in [0.3, 0.4) is 0 Å². The molecule has 6 nitrogen and oxygen atoms in total. The molecule has 156 valence electrons. The maximum absolute atomic E-state index is 11.9. The average molecular weight is 390 g/mol. The molecule has 1 aromatic rings. The van der Waals surface area contributed by atoms with Gasteiger partial charge in [0.2, 0.25) is 0 Å². The predicted octanol–water partition coefficient (Wildman–Crippen LogP) is 3.53. The third kappa shape index (κ3) is 5.93. The standard InChI is InChI=1S/C22H35N3O3/c1-21(2,3)27-20(26)28-25-16-14-24(15-17-25)22(4)10-12-23(13-11-22)18-19-8-6-5-7-9-19/h5-9H,10-18H2,1-4H3. The van der Waals surface area contributed by atoms with Crippen LogP contribution in [-0.4, -0.2) is 71.4 Å². The van der Waals surface area contributed by atoms with Crippen molar-refractivity contribution in [2.75, 3.05) is 39.3 Å². The van der Waals surface area contributed by atoms with Gasteiger partial charge in [-0.3, -0.25) is 9.80 Å². The molecule has 1 aromatic carbocycles. The van der Waals surface area contributed by atoms with Crippen LogP contribution in [0.4, 0.5) is 4.79 Å². The topological polar surface area (TPSA) is 45.3 Å². The van der Waals surface area contributed by atoms with E-state index in [2.05, 4.69) is 47.1 Å². The molecule has 0 unspecified atom stereocenters. The van der Waals surface area contributed by atoms with E-state index in [-0.39, 0.29) is 5.54 Å². The SMILES string of the molecule is CC(C)(C)OC(=O)ON1CCN(C2(C)CCN(Cc3ccccc3)CC2)CC1. The normalized spacial score (nSPS) is 22.0. The molecule has 3 rings (SSSR count). The van der Waals surface area contributed by atoms with Gasteiger partial charge < -0.3 is 9.57 Å². The lowest BCUT2D eigenvalue weighted by molar-refractivity contribution is -0.166. The molecule has 0 amide bonds. The van der Waals surface area contributed by atoms with E-state index >= 15 is 0 Å². The van der Waals surface area contributed by atoms with Crippen LogP contribution >= 0.6 is 0 Å². The maximum atomic E-state index is 11.9. The molecule has 6 heteroatoms. The Bertz CT molecular complexity index is 628. The van der Waals surface area contributed by atoms with Crippen molar-refractivity contribution in [2.24, 2.45) is 0 Å². The van der Waals surface area contributed by atoms with Crippen molar-refractivity contribution >= 4 is 6.16 Å². The van der Waals surface area contributed by atoms with Gasteiger partial charge in [0, 0.05) is 51.4 Å². The van der Waals surface area contributed by atoms with Crippen LogP contribution in [0, 0.1) is 0 Å². The number of likely N-dealkylation sites (tertiary alicyclic amines) is 1. The number of piperidine rings is 1. The molecule has 0 bridgehead atoms. The first-order chi connectivity index (χ1) is 13.2. The number of piperazine rings is 1. The molecule has 28 heavy (non-hydrogen) atoms. The van der Waals surface area contributed by atoms with E-state index in [1.165, 1.54) is 18.4 Å². The highest BCUT2D eigenvalue weighted by atomic mass is 16.8. The van der Waals surface area contributed by atoms with E-state index in [1.54, 1.807) is 5.06 Å². The number of hydrogen-bond donors (Lipinski definition) is 0. The quantitative estimate of drug-likeness (QED) is 0.734. The number of benzene rings is 1. The average Bonchev–Trinajstić information content (AvgIpc) is 2.64. The molecule has 0 atom stereocenters. The Morgan fingerprint density at radius 2 is 1.61 bits per heavy atom. The molecule has 0 N–H and O–H groups in total. The van der Waals surface area contributed by atoms with E-state index in [0.717, 1.165) is 45.8 Å². The fraction of sp³-hybridized carbons (Fsp3) is 0.682. The minimum Gasteiger partial charge on any atom is -0.427 e. The summed E-state index contributed by atoms with van der Waals surface area (Å²) < 4.78 is 5.24. The molecule has 2 heterocycles. The number of ether oxygens (including phenoxy) is 1. The summed E-state index contributed by atoms with van der Waals surface area (Å²) in [5, 5.41) is 1.73. The lowest BCUT2D eigenvalue weighted by atomic mass is 9.87. The van der Waals surface area contributed by atoms with Gasteiger partial charge in [0.1, 0.15) is 5.60 Å². The zero-order valence-electron chi connectivity index (χ0n) is 17.8. The van der Waals surface area contributed by atoms with Crippen molar-refractivity contribution in [3.8, 4) is 0 Å². The van der Waals surface area contributed by atoms with Gasteiger partial charge >= 0.3 is 6.16 Å². The van der Waals surface area contributed by atoms with E-state index in [4.69, 9.17) is 9.57 Å². The van der Waals surface area contributed by atoms with Gasteiger partial charge in [0.05, 0.1) is 0 Å². The summed E-state index contributed by atoms with van der Waals surface area (Å²) >= 11 is 0. The van der Waals surface area contributed by atoms with Gasteiger partial charge in [-0.1, -0.05) is 30.3 Å². The van der Waals surface area contributed by atoms with Crippen molar-refractivity contribution in [1.29, 1.82) is 0 Å². The Labute approximate surface area is 169 Å². The minimum atomic E-state index is -0.610. The molecule has 2 fully saturated rings. The van der Waals surface area contributed by atoms with E-state index < -0.39 is 11.8 Å². The van der Waals surface area contributed by atoms with Gasteiger partial charge in [-0.05, 0) is 46.1 Å². The van der Waals surface area contributed by atoms with Crippen molar-refractivity contribution in [3.63, 3.8) is 0 Å². The molecular weight excluding hydrogens is 354 g/mol. The van der Waals surface area contributed by atoms with Crippen LogP contribution in [0.1, 0.15) is 46.1 Å². The lowest BCUT2D eigenvalue weighted by Gasteiger charge is -2.49. The number of carbonyl (C=O) groups excluding carboxylic acids is 1. The highest BCUT2D eigenvalue weighted by Gasteiger charge is 2.37. The second kappa shape index (κ2) is 8.80. The first kappa shape index (κ1) is 21.1. The Kier molecular flexibility index (Phi) is 6.63. The summed E-state index contributed by atoms with van der Waals surface area (Å²) in [7, 11) is 0. The number of hydroxylamine groups is 2. The summed E-state index contributed by atoms with van der Waals surface area (Å²) in [6.07, 6.45) is 1.74. The first-order valence-corrected chi connectivity index (χ1v) is 10.4. The Balaban J connectivity index is 1.42. The largest absolute Gasteiger partial charge is 0.528 e.